The molecule has 0 saturated heterocycles. The van der Waals surface area contributed by atoms with Crippen molar-refractivity contribution in [2.45, 2.75) is 6.42 Å². The second kappa shape index (κ2) is 4.23. The van der Waals surface area contributed by atoms with Crippen LogP contribution in [0.25, 0.3) is 10.8 Å². The number of nitrogen functional groups attached to an aromatic ring is 1. The topological polar surface area (TPSA) is 52.3 Å². The molecule has 82 valence electrons. The first-order valence-corrected chi connectivity index (χ1v) is 5.05. The minimum Gasteiger partial charge on any atom is -0.469 e. The first kappa shape index (κ1) is 10.5. The largest absolute Gasteiger partial charge is 0.469 e. The highest BCUT2D eigenvalue weighted by Gasteiger charge is 2.08. The molecule has 0 amide bonds. The fraction of sp³-hybridized carbons (Fsp3) is 0.154. The number of benzene rings is 2. The molecule has 2 aromatic carbocycles. The quantitative estimate of drug-likeness (QED) is 0.616. The standard InChI is InChI=1S/C13H13NO2/c1-16-12(15)8-10-7-6-9-4-2-3-5-11(9)13(10)14/h2-7H,8,14H2,1H3. The number of carbonyl (C=O) groups is 1. The summed E-state index contributed by atoms with van der Waals surface area (Å²) in [5, 5.41) is 2.05. The lowest BCUT2D eigenvalue weighted by Gasteiger charge is -2.07. The molecular weight excluding hydrogens is 202 g/mol. The lowest BCUT2D eigenvalue weighted by atomic mass is 10.0. The molecule has 0 unspecified atom stereocenters. The summed E-state index contributed by atoms with van der Waals surface area (Å²) < 4.78 is 4.63. The van der Waals surface area contributed by atoms with E-state index in [2.05, 4.69) is 4.74 Å². The number of esters is 1. The van der Waals surface area contributed by atoms with Gasteiger partial charge in [-0.2, -0.15) is 0 Å². The van der Waals surface area contributed by atoms with E-state index < -0.39 is 0 Å². The van der Waals surface area contributed by atoms with Crippen LogP contribution in [0.5, 0.6) is 0 Å². The Labute approximate surface area is 93.8 Å². The van der Waals surface area contributed by atoms with Crippen molar-refractivity contribution >= 4 is 22.4 Å². The van der Waals surface area contributed by atoms with Crippen LogP contribution < -0.4 is 5.73 Å². The Kier molecular flexibility index (Phi) is 2.77. The number of nitrogens with two attached hydrogens (primary N) is 1. The van der Waals surface area contributed by atoms with Gasteiger partial charge in [-0.25, -0.2) is 0 Å². The molecule has 0 heterocycles. The molecule has 2 rings (SSSR count). The second-order valence-corrected chi connectivity index (χ2v) is 3.61. The molecule has 3 nitrogen and oxygen atoms in total. The minimum atomic E-state index is -0.276. The average Bonchev–Trinajstić information content (AvgIpc) is 2.33. The molecule has 0 radical (unpaired) electrons. The van der Waals surface area contributed by atoms with Gasteiger partial charge < -0.3 is 10.5 Å². The van der Waals surface area contributed by atoms with Crippen LogP contribution >= 0.6 is 0 Å². The van der Waals surface area contributed by atoms with Crippen LogP contribution in [0, 0.1) is 0 Å². The minimum absolute atomic E-state index is 0.215. The molecule has 0 fully saturated rings. The third-order valence-electron chi connectivity index (χ3n) is 2.62. The van der Waals surface area contributed by atoms with Crippen LogP contribution in [0.4, 0.5) is 5.69 Å². The van der Waals surface area contributed by atoms with Gasteiger partial charge in [0.15, 0.2) is 0 Å². The highest BCUT2D eigenvalue weighted by molar-refractivity contribution is 5.95. The van der Waals surface area contributed by atoms with Gasteiger partial charge in [-0.3, -0.25) is 4.79 Å². The Balaban J connectivity index is 2.48. The van der Waals surface area contributed by atoms with Crippen LogP contribution in [0.15, 0.2) is 36.4 Å². The van der Waals surface area contributed by atoms with Gasteiger partial charge in [0.1, 0.15) is 0 Å². The normalized spacial score (nSPS) is 10.3. The molecule has 16 heavy (non-hydrogen) atoms. The molecule has 0 aliphatic carbocycles. The summed E-state index contributed by atoms with van der Waals surface area (Å²) in [4.78, 5) is 11.2. The van der Waals surface area contributed by atoms with Crippen molar-refractivity contribution in [3.05, 3.63) is 42.0 Å². The molecule has 2 aromatic rings. The lowest BCUT2D eigenvalue weighted by molar-refractivity contribution is -0.139. The van der Waals surface area contributed by atoms with Crippen molar-refractivity contribution in [2.75, 3.05) is 12.8 Å². The summed E-state index contributed by atoms with van der Waals surface area (Å²) in [6.07, 6.45) is 0.215. The highest BCUT2D eigenvalue weighted by atomic mass is 16.5. The van der Waals surface area contributed by atoms with Crippen molar-refractivity contribution < 1.29 is 9.53 Å². The van der Waals surface area contributed by atoms with Gasteiger partial charge in [-0.1, -0.05) is 36.4 Å². The zero-order chi connectivity index (χ0) is 11.5. The monoisotopic (exact) mass is 215 g/mol. The van der Waals surface area contributed by atoms with Gasteiger partial charge in [0, 0.05) is 11.1 Å². The predicted molar refractivity (Wildman–Crippen MR) is 64.1 cm³/mol. The molecule has 0 saturated carbocycles. The third kappa shape index (κ3) is 1.84. The Hall–Kier alpha value is -2.03. The fourth-order valence-electron chi connectivity index (χ4n) is 1.72. The summed E-state index contributed by atoms with van der Waals surface area (Å²) in [6.45, 7) is 0. The SMILES string of the molecule is COC(=O)Cc1ccc2ccccc2c1N. The molecule has 0 spiro atoms. The Bertz CT molecular complexity index is 534. The van der Waals surface area contributed by atoms with E-state index in [-0.39, 0.29) is 12.4 Å². The van der Waals surface area contributed by atoms with Crippen molar-refractivity contribution in [2.24, 2.45) is 0 Å². The summed E-state index contributed by atoms with van der Waals surface area (Å²) in [6, 6.07) is 11.7. The Morgan fingerprint density at radius 1 is 1.25 bits per heavy atom. The smallest absolute Gasteiger partial charge is 0.310 e. The number of anilines is 1. The van der Waals surface area contributed by atoms with Gasteiger partial charge in [0.05, 0.1) is 13.5 Å². The molecule has 2 N–H and O–H groups in total. The summed E-state index contributed by atoms with van der Waals surface area (Å²) >= 11 is 0. The number of carbonyl (C=O) groups excluding carboxylic acids is 1. The van der Waals surface area contributed by atoms with E-state index in [4.69, 9.17) is 5.73 Å². The first-order valence-electron chi connectivity index (χ1n) is 5.05. The zero-order valence-corrected chi connectivity index (χ0v) is 9.07. The molecule has 0 aliphatic heterocycles. The maximum Gasteiger partial charge on any atom is 0.310 e. The van der Waals surface area contributed by atoms with E-state index in [0.717, 1.165) is 16.3 Å². The average molecular weight is 215 g/mol. The van der Waals surface area contributed by atoms with Gasteiger partial charge in [-0.05, 0) is 10.9 Å². The molecule has 0 aliphatic rings. The number of rotatable bonds is 2. The maximum atomic E-state index is 11.2. The van der Waals surface area contributed by atoms with Crippen molar-refractivity contribution in [1.82, 2.24) is 0 Å². The van der Waals surface area contributed by atoms with Crippen LogP contribution in [0.2, 0.25) is 0 Å². The molecule has 3 heteroatoms. The second-order valence-electron chi connectivity index (χ2n) is 3.61. The lowest BCUT2D eigenvalue weighted by Crippen LogP contribution is -2.06. The van der Waals surface area contributed by atoms with E-state index in [0.29, 0.717) is 5.69 Å². The van der Waals surface area contributed by atoms with Crippen molar-refractivity contribution in [1.29, 1.82) is 0 Å². The van der Waals surface area contributed by atoms with Crippen molar-refractivity contribution in [3.8, 4) is 0 Å². The summed E-state index contributed by atoms with van der Waals surface area (Å²) in [5.41, 5.74) is 7.48. The number of fused-ring (bicyclic) bond motifs is 1. The summed E-state index contributed by atoms with van der Waals surface area (Å²) in [7, 11) is 1.37. The number of hydrogen-bond acceptors (Lipinski definition) is 3. The van der Waals surface area contributed by atoms with Crippen LogP contribution in [0.3, 0.4) is 0 Å². The van der Waals surface area contributed by atoms with Gasteiger partial charge >= 0.3 is 5.97 Å². The van der Waals surface area contributed by atoms with E-state index in [1.807, 2.05) is 36.4 Å². The number of ether oxygens (including phenoxy) is 1. The highest BCUT2D eigenvalue weighted by Crippen LogP contribution is 2.25. The van der Waals surface area contributed by atoms with E-state index in [1.54, 1.807) is 0 Å². The number of methoxy groups -OCH3 is 1. The van der Waals surface area contributed by atoms with Gasteiger partial charge in [-0.15, -0.1) is 0 Å². The van der Waals surface area contributed by atoms with Crippen LogP contribution in [-0.2, 0) is 16.0 Å². The van der Waals surface area contributed by atoms with E-state index in [9.17, 15) is 4.79 Å². The molecule has 0 bridgehead atoms. The Morgan fingerprint density at radius 2 is 2.00 bits per heavy atom. The maximum absolute atomic E-state index is 11.2. The molecule has 0 aromatic heterocycles. The third-order valence-corrected chi connectivity index (χ3v) is 2.62. The predicted octanol–water partition coefficient (Wildman–Crippen LogP) is 2.14. The number of hydrogen-bond donors (Lipinski definition) is 1. The van der Waals surface area contributed by atoms with Crippen LogP contribution in [0.1, 0.15) is 5.56 Å². The Morgan fingerprint density at radius 3 is 2.75 bits per heavy atom. The molecule has 0 atom stereocenters. The van der Waals surface area contributed by atoms with Crippen LogP contribution in [-0.4, -0.2) is 13.1 Å². The fourth-order valence-corrected chi connectivity index (χ4v) is 1.72. The molecular formula is C13H13NO2. The van der Waals surface area contributed by atoms with E-state index >= 15 is 0 Å². The van der Waals surface area contributed by atoms with Crippen molar-refractivity contribution in [3.63, 3.8) is 0 Å². The zero-order valence-electron chi connectivity index (χ0n) is 9.07. The van der Waals surface area contributed by atoms with Gasteiger partial charge in [0.25, 0.3) is 0 Å². The van der Waals surface area contributed by atoms with E-state index in [1.165, 1.54) is 7.11 Å². The summed E-state index contributed by atoms with van der Waals surface area (Å²) in [5.74, 6) is -0.276. The first-order chi connectivity index (χ1) is 7.72. The van der Waals surface area contributed by atoms with Gasteiger partial charge in [0.2, 0.25) is 0 Å².